The highest BCUT2D eigenvalue weighted by atomic mass is 16.4. The summed E-state index contributed by atoms with van der Waals surface area (Å²) in [5.41, 5.74) is 5.28. The van der Waals surface area contributed by atoms with E-state index in [2.05, 4.69) is 20.2 Å². The molecule has 1 aromatic rings. The molecule has 1 saturated heterocycles. The van der Waals surface area contributed by atoms with Crippen LogP contribution in [0.5, 0.6) is 0 Å². The maximum absolute atomic E-state index is 11.2. The van der Waals surface area contributed by atoms with Crippen molar-refractivity contribution in [1.29, 1.82) is 0 Å². The highest BCUT2D eigenvalue weighted by Crippen LogP contribution is 2.16. The van der Waals surface area contributed by atoms with Crippen LogP contribution in [0.1, 0.15) is 29.8 Å². The second-order valence-corrected chi connectivity index (χ2v) is 5.38. The number of amides is 1. The van der Waals surface area contributed by atoms with Crippen molar-refractivity contribution in [3.63, 3.8) is 0 Å². The molecule has 1 unspecified atom stereocenters. The van der Waals surface area contributed by atoms with Gasteiger partial charge in [0.15, 0.2) is 11.5 Å². The number of aromatic nitrogens is 2. The molecule has 1 amide bonds. The van der Waals surface area contributed by atoms with Crippen LogP contribution in [-0.2, 0) is 4.79 Å². The molecule has 4 N–H and O–H groups in total. The molecule has 1 aliphatic heterocycles. The minimum atomic E-state index is -1.10. The molecule has 0 aromatic carbocycles. The Morgan fingerprint density at radius 2 is 2.18 bits per heavy atom. The number of primary amides is 1. The molecule has 0 bridgehead atoms. The van der Waals surface area contributed by atoms with E-state index in [-0.39, 0.29) is 23.3 Å². The fourth-order valence-electron chi connectivity index (χ4n) is 2.62. The van der Waals surface area contributed by atoms with Crippen molar-refractivity contribution in [1.82, 2.24) is 14.9 Å². The van der Waals surface area contributed by atoms with Crippen LogP contribution in [0.2, 0.25) is 0 Å². The minimum Gasteiger partial charge on any atom is -0.476 e. The zero-order valence-corrected chi connectivity index (χ0v) is 12.4. The Morgan fingerprint density at radius 3 is 2.91 bits per heavy atom. The minimum absolute atomic E-state index is 0.0553. The number of anilines is 1. The van der Waals surface area contributed by atoms with Crippen LogP contribution in [0.4, 0.5) is 5.82 Å². The molecule has 120 valence electrons. The number of rotatable bonds is 7. The van der Waals surface area contributed by atoms with Crippen LogP contribution in [0.15, 0.2) is 12.4 Å². The van der Waals surface area contributed by atoms with Gasteiger partial charge in [0.2, 0.25) is 5.91 Å². The van der Waals surface area contributed by atoms with Crippen molar-refractivity contribution in [2.75, 3.05) is 31.5 Å². The van der Waals surface area contributed by atoms with Crippen molar-refractivity contribution in [2.45, 2.75) is 19.3 Å². The van der Waals surface area contributed by atoms with Crippen LogP contribution in [0.25, 0.3) is 0 Å². The van der Waals surface area contributed by atoms with Gasteiger partial charge in [0.25, 0.3) is 0 Å². The van der Waals surface area contributed by atoms with E-state index in [9.17, 15) is 9.59 Å². The highest BCUT2D eigenvalue weighted by molar-refractivity contribution is 5.90. The van der Waals surface area contributed by atoms with Gasteiger partial charge in [0, 0.05) is 25.5 Å². The summed E-state index contributed by atoms with van der Waals surface area (Å²) in [4.78, 5) is 32.2. The second-order valence-electron chi connectivity index (χ2n) is 5.38. The number of hydrogen-bond donors (Lipinski definition) is 3. The summed E-state index contributed by atoms with van der Waals surface area (Å²) < 4.78 is 0. The summed E-state index contributed by atoms with van der Waals surface area (Å²) in [7, 11) is 0. The molecule has 22 heavy (non-hydrogen) atoms. The van der Waals surface area contributed by atoms with Gasteiger partial charge in [-0.25, -0.2) is 14.8 Å². The average Bonchev–Trinajstić information content (AvgIpc) is 2.52. The zero-order chi connectivity index (χ0) is 15.9. The lowest BCUT2D eigenvalue weighted by molar-refractivity contribution is -0.123. The predicted molar refractivity (Wildman–Crippen MR) is 80.5 cm³/mol. The first-order valence-electron chi connectivity index (χ1n) is 7.37. The van der Waals surface area contributed by atoms with Crippen molar-refractivity contribution in [3.8, 4) is 0 Å². The van der Waals surface area contributed by atoms with Crippen molar-refractivity contribution < 1.29 is 14.7 Å². The number of carbonyl (C=O) groups excluding carboxylic acids is 1. The average molecular weight is 307 g/mol. The van der Waals surface area contributed by atoms with Crippen molar-refractivity contribution >= 4 is 17.7 Å². The van der Waals surface area contributed by atoms with Gasteiger partial charge in [-0.2, -0.15) is 0 Å². The first kappa shape index (κ1) is 16.2. The summed E-state index contributed by atoms with van der Waals surface area (Å²) in [6.07, 6.45) is 5.48. The largest absolute Gasteiger partial charge is 0.476 e. The second kappa shape index (κ2) is 7.69. The number of nitrogens with zero attached hydrogens (tertiary/aromatic N) is 3. The van der Waals surface area contributed by atoms with Crippen LogP contribution < -0.4 is 11.1 Å². The molecule has 8 heteroatoms. The van der Waals surface area contributed by atoms with E-state index in [0.717, 1.165) is 32.4 Å². The summed E-state index contributed by atoms with van der Waals surface area (Å²) >= 11 is 0. The molecule has 0 radical (unpaired) electrons. The van der Waals surface area contributed by atoms with Crippen LogP contribution in [0, 0.1) is 5.92 Å². The maximum Gasteiger partial charge on any atom is 0.358 e. The number of carboxylic acids is 1. The third kappa shape index (κ3) is 4.39. The monoisotopic (exact) mass is 307 g/mol. The summed E-state index contributed by atoms with van der Waals surface area (Å²) in [6, 6.07) is 0. The summed E-state index contributed by atoms with van der Waals surface area (Å²) in [5.74, 6) is -1.10. The van der Waals surface area contributed by atoms with E-state index in [4.69, 9.17) is 10.8 Å². The maximum atomic E-state index is 11.2. The number of aromatic carboxylic acids is 1. The van der Waals surface area contributed by atoms with Gasteiger partial charge in [-0.3, -0.25) is 4.79 Å². The molecule has 2 rings (SSSR count). The Morgan fingerprint density at radius 1 is 1.41 bits per heavy atom. The molecule has 0 spiro atoms. The molecule has 1 atom stereocenters. The van der Waals surface area contributed by atoms with Gasteiger partial charge >= 0.3 is 5.97 Å². The van der Waals surface area contributed by atoms with Gasteiger partial charge in [-0.1, -0.05) is 0 Å². The molecule has 0 saturated carbocycles. The SMILES string of the molecule is NC(=O)C1CCCN(CCCNc2nccnc2C(=O)O)C1. The standard InChI is InChI=1S/C14H21N5O3/c15-12(20)10-3-1-7-19(9-10)8-2-4-17-13-11(14(21)22)16-5-6-18-13/h5-6,10H,1-4,7-9H2,(H2,15,20)(H,17,18)(H,21,22). The smallest absolute Gasteiger partial charge is 0.358 e. The van der Waals surface area contributed by atoms with Gasteiger partial charge in [0.1, 0.15) is 0 Å². The van der Waals surface area contributed by atoms with Gasteiger partial charge in [0.05, 0.1) is 5.92 Å². The number of nitrogens with two attached hydrogens (primary N) is 1. The van der Waals surface area contributed by atoms with Crippen LogP contribution in [0.3, 0.4) is 0 Å². The number of likely N-dealkylation sites (tertiary alicyclic amines) is 1. The van der Waals surface area contributed by atoms with Crippen LogP contribution >= 0.6 is 0 Å². The normalized spacial score (nSPS) is 18.8. The lowest BCUT2D eigenvalue weighted by atomic mass is 9.97. The molecule has 1 aromatic heterocycles. The molecular formula is C14H21N5O3. The number of carboxylic acid groups (broad SMARTS) is 1. The lowest BCUT2D eigenvalue weighted by Crippen LogP contribution is -2.41. The van der Waals surface area contributed by atoms with E-state index < -0.39 is 5.97 Å². The van der Waals surface area contributed by atoms with E-state index in [1.807, 2.05) is 0 Å². The summed E-state index contributed by atoms with van der Waals surface area (Å²) in [5, 5.41) is 12.0. The van der Waals surface area contributed by atoms with E-state index in [1.165, 1.54) is 12.4 Å². The number of hydrogen-bond acceptors (Lipinski definition) is 6. The van der Waals surface area contributed by atoms with Crippen LogP contribution in [-0.4, -0.2) is 58.0 Å². The molecule has 1 fully saturated rings. The zero-order valence-electron chi connectivity index (χ0n) is 12.4. The van der Waals surface area contributed by atoms with Gasteiger partial charge in [-0.15, -0.1) is 0 Å². The topological polar surface area (TPSA) is 121 Å². The highest BCUT2D eigenvalue weighted by Gasteiger charge is 2.23. The third-order valence-corrected chi connectivity index (χ3v) is 3.75. The summed E-state index contributed by atoms with van der Waals surface area (Å²) in [6.45, 7) is 3.10. The molecule has 1 aliphatic rings. The van der Waals surface area contributed by atoms with Crippen molar-refractivity contribution in [3.05, 3.63) is 18.1 Å². The molecule has 0 aliphatic carbocycles. The fraction of sp³-hybridized carbons (Fsp3) is 0.571. The van der Waals surface area contributed by atoms with E-state index in [0.29, 0.717) is 13.1 Å². The lowest BCUT2D eigenvalue weighted by Gasteiger charge is -2.31. The predicted octanol–water partition coefficient (Wildman–Crippen LogP) is 0.174. The molecule has 2 heterocycles. The third-order valence-electron chi connectivity index (χ3n) is 3.75. The van der Waals surface area contributed by atoms with Gasteiger partial charge < -0.3 is 21.1 Å². The fourth-order valence-corrected chi connectivity index (χ4v) is 2.62. The first-order chi connectivity index (χ1) is 10.6. The quantitative estimate of drug-likeness (QED) is 0.614. The molecular weight excluding hydrogens is 286 g/mol. The molecule has 8 nitrogen and oxygen atoms in total. The number of nitrogens with one attached hydrogen (secondary N) is 1. The van der Waals surface area contributed by atoms with E-state index >= 15 is 0 Å². The Bertz CT molecular complexity index is 537. The number of piperidine rings is 1. The van der Waals surface area contributed by atoms with Crippen molar-refractivity contribution in [2.24, 2.45) is 11.7 Å². The van der Waals surface area contributed by atoms with E-state index in [1.54, 1.807) is 0 Å². The number of carbonyl (C=O) groups is 2. The Kier molecular flexibility index (Phi) is 5.65. The first-order valence-corrected chi connectivity index (χ1v) is 7.37. The van der Waals surface area contributed by atoms with Gasteiger partial charge in [-0.05, 0) is 32.4 Å². The Hall–Kier alpha value is -2.22. The Labute approximate surface area is 128 Å². The Balaban J connectivity index is 1.76.